The Morgan fingerprint density at radius 3 is 3.00 bits per heavy atom. The third-order valence-electron chi connectivity index (χ3n) is 3.55. The molecule has 1 unspecified atom stereocenters. The zero-order valence-electron chi connectivity index (χ0n) is 13.1. The topological polar surface area (TPSA) is 70.6 Å². The molecule has 0 saturated carbocycles. The van der Waals surface area contributed by atoms with E-state index < -0.39 is 6.04 Å². The van der Waals surface area contributed by atoms with Crippen LogP contribution < -0.4 is 0 Å². The van der Waals surface area contributed by atoms with E-state index in [1.165, 1.54) is 0 Å². The maximum Gasteiger partial charge on any atom is 0.307 e. The highest BCUT2D eigenvalue weighted by molar-refractivity contribution is 5.69. The van der Waals surface area contributed by atoms with Gasteiger partial charge in [0.15, 0.2) is 0 Å². The number of hydrogen-bond donors (Lipinski definition) is 0. The van der Waals surface area contributed by atoms with Gasteiger partial charge in [0.25, 0.3) is 0 Å². The van der Waals surface area contributed by atoms with Crippen molar-refractivity contribution in [2.75, 3.05) is 20.2 Å². The largest absolute Gasteiger partial charge is 0.466 e. The van der Waals surface area contributed by atoms with Crippen molar-refractivity contribution < 1.29 is 9.53 Å². The Morgan fingerprint density at radius 2 is 2.32 bits per heavy atom. The second-order valence-corrected chi connectivity index (χ2v) is 5.08. The fourth-order valence-corrected chi connectivity index (χ4v) is 2.46. The van der Waals surface area contributed by atoms with Crippen LogP contribution in [0.1, 0.15) is 30.8 Å². The number of hydrogen-bond acceptors (Lipinski definition) is 5. The van der Waals surface area contributed by atoms with E-state index in [1.807, 2.05) is 47.7 Å². The lowest BCUT2D eigenvalue weighted by Crippen LogP contribution is -2.28. The average Bonchev–Trinajstić information content (AvgIpc) is 2.83. The quantitative estimate of drug-likeness (QED) is 0.764. The van der Waals surface area contributed by atoms with Crippen LogP contribution in [0, 0.1) is 18.3 Å². The van der Waals surface area contributed by atoms with Crippen molar-refractivity contribution in [3.05, 3.63) is 35.8 Å². The number of pyridine rings is 1. The molecule has 0 fully saturated rings. The van der Waals surface area contributed by atoms with Gasteiger partial charge in [0.1, 0.15) is 11.7 Å². The second kappa shape index (κ2) is 7.05. The van der Waals surface area contributed by atoms with Crippen molar-refractivity contribution in [1.29, 1.82) is 5.26 Å². The first-order chi connectivity index (χ1) is 10.6. The fraction of sp³-hybridized carbons (Fsp3) is 0.438. The lowest BCUT2D eigenvalue weighted by Gasteiger charge is -2.22. The number of aromatic nitrogens is 2. The molecule has 22 heavy (non-hydrogen) atoms. The van der Waals surface area contributed by atoms with Gasteiger partial charge in [0.2, 0.25) is 0 Å². The summed E-state index contributed by atoms with van der Waals surface area (Å²) in [5.41, 5.74) is 2.47. The van der Waals surface area contributed by atoms with Crippen LogP contribution in [0.25, 0.3) is 5.65 Å². The van der Waals surface area contributed by atoms with Crippen molar-refractivity contribution in [3.63, 3.8) is 0 Å². The molecular weight excluding hydrogens is 280 g/mol. The third-order valence-corrected chi connectivity index (χ3v) is 3.55. The Bertz CT molecular complexity index is 702. The van der Waals surface area contributed by atoms with Crippen LogP contribution in [-0.4, -0.2) is 40.5 Å². The molecule has 0 bridgehead atoms. The number of rotatable bonds is 6. The molecule has 116 valence electrons. The molecule has 2 rings (SSSR count). The van der Waals surface area contributed by atoms with Crippen LogP contribution in [-0.2, 0) is 9.53 Å². The first kappa shape index (κ1) is 16.0. The Balaban J connectivity index is 2.21. The van der Waals surface area contributed by atoms with Crippen molar-refractivity contribution in [2.45, 2.75) is 26.3 Å². The van der Waals surface area contributed by atoms with Gasteiger partial charge in [-0.2, -0.15) is 5.26 Å². The van der Waals surface area contributed by atoms with Gasteiger partial charge in [0.05, 0.1) is 30.5 Å². The maximum atomic E-state index is 11.5. The number of carbonyl (C=O) groups excluding carboxylic acids is 1. The number of fused-ring (bicyclic) bond motifs is 1. The zero-order valence-corrected chi connectivity index (χ0v) is 13.1. The van der Waals surface area contributed by atoms with Crippen LogP contribution in [0.15, 0.2) is 24.4 Å². The minimum atomic E-state index is -0.466. The van der Waals surface area contributed by atoms with Gasteiger partial charge in [-0.25, -0.2) is 4.98 Å². The highest BCUT2D eigenvalue weighted by atomic mass is 16.5. The first-order valence-electron chi connectivity index (χ1n) is 7.27. The molecule has 2 aromatic heterocycles. The van der Waals surface area contributed by atoms with Gasteiger partial charge in [-0.15, -0.1) is 0 Å². The lowest BCUT2D eigenvalue weighted by molar-refractivity contribution is -0.143. The maximum absolute atomic E-state index is 11.5. The van der Waals surface area contributed by atoms with Gasteiger partial charge < -0.3 is 9.14 Å². The van der Waals surface area contributed by atoms with Crippen molar-refractivity contribution in [1.82, 2.24) is 14.3 Å². The Kier molecular flexibility index (Phi) is 5.12. The molecule has 0 spiro atoms. The molecule has 0 saturated heterocycles. The Labute approximate surface area is 129 Å². The van der Waals surface area contributed by atoms with Crippen molar-refractivity contribution in [3.8, 4) is 6.07 Å². The van der Waals surface area contributed by atoms with Gasteiger partial charge >= 0.3 is 5.97 Å². The monoisotopic (exact) mass is 300 g/mol. The smallest absolute Gasteiger partial charge is 0.307 e. The normalized spacial score (nSPS) is 12.3. The summed E-state index contributed by atoms with van der Waals surface area (Å²) in [7, 11) is 1.83. The van der Waals surface area contributed by atoms with E-state index >= 15 is 0 Å². The van der Waals surface area contributed by atoms with Crippen LogP contribution in [0.2, 0.25) is 0 Å². The molecule has 0 amide bonds. The molecule has 2 heterocycles. The van der Waals surface area contributed by atoms with Crippen LogP contribution in [0.5, 0.6) is 0 Å². The van der Waals surface area contributed by atoms with E-state index in [0.29, 0.717) is 13.2 Å². The molecular formula is C16H20N4O2. The molecule has 0 radical (unpaired) electrons. The van der Waals surface area contributed by atoms with Gasteiger partial charge in [-0.3, -0.25) is 9.69 Å². The number of nitrogens with zero attached hydrogens (tertiary/aromatic N) is 4. The fourth-order valence-electron chi connectivity index (χ4n) is 2.46. The van der Waals surface area contributed by atoms with E-state index in [-0.39, 0.29) is 12.4 Å². The predicted octanol–water partition coefficient (Wildman–Crippen LogP) is 2.09. The van der Waals surface area contributed by atoms with E-state index in [4.69, 9.17) is 4.74 Å². The van der Waals surface area contributed by atoms with Crippen molar-refractivity contribution >= 4 is 11.6 Å². The molecule has 6 heteroatoms. The summed E-state index contributed by atoms with van der Waals surface area (Å²) in [6.45, 7) is 4.50. The molecule has 0 aromatic carbocycles. The molecule has 1 atom stereocenters. The number of nitriles is 1. The molecule has 6 nitrogen and oxygen atoms in total. The SMILES string of the molecule is CCOC(=O)CCN(C)C(C#N)c1c(C)nc2ccccn12. The van der Waals surface area contributed by atoms with Gasteiger partial charge in [-0.05, 0) is 33.0 Å². The summed E-state index contributed by atoms with van der Waals surface area (Å²) in [6, 6.07) is 7.57. The number of imidazole rings is 1. The standard InChI is InChI=1S/C16H20N4O2/c1-4-22-15(21)8-10-19(3)13(11-17)16-12(2)18-14-7-5-6-9-20(14)16/h5-7,9,13H,4,8,10H2,1-3H3. The first-order valence-corrected chi connectivity index (χ1v) is 7.27. The molecule has 2 aromatic rings. The van der Waals surface area contributed by atoms with Crippen molar-refractivity contribution in [2.24, 2.45) is 0 Å². The highest BCUT2D eigenvalue weighted by Crippen LogP contribution is 2.23. The van der Waals surface area contributed by atoms with Crippen LogP contribution in [0.3, 0.4) is 0 Å². The average molecular weight is 300 g/mol. The van der Waals surface area contributed by atoms with E-state index in [2.05, 4.69) is 11.1 Å². The van der Waals surface area contributed by atoms with E-state index in [1.54, 1.807) is 6.92 Å². The summed E-state index contributed by atoms with van der Waals surface area (Å²) in [4.78, 5) is 17.8. The van der Waals surface area contributed by atoms with Gasteiger partial charge in [-0.1, -0.05) is 6.07 Å². The van der Waals surface area contributed by atoms with E-state index in [9.17, 15) is 10.1 Å². The summed E-state index contributed by atoms with van der Waals surface area (Å²) in [5.74, 6) is -0.249. The van der Waals surface area contributed by atoms with Crippen LogP contribution >= 0.6 is 0 Å². The minimum Gasteiger partial charge on any atom is -0.466 e. The zero-order chi connectivity index (χ0) is 16.1. The predicted molar refractivity (Wildman–Crippen MR) is 82.2 cm³/mol. The summed E-state index contributed by atoms with van der Waals surface area (Å²) < 4.78 is 6.84. The number of ether oxygens (including phenoxy) is 1. The minimum absolute atomic E-state index is 0.249. The number of esters is 1. The number of carbonyl (C=O) groups is 1. The lowest BCUT2D eigenvalue weighted by atomic mass is 10.1. The molecule has 0 aliphatic rings. The molecule has 0 aliphatic carbocycles. The highest BCUT2D eigenvalue weighted by Gasteiger charge is 2.23. The summed E-state index contributed by atoms with van der Waals surface area (Å²) in [6.07, 6.45) is 2.16. The molecule has 0 N–H and O–H groups in total. The Hall–Kier alpha value is -2.39. The Morgan fingerprint density at radius 1 is 1.55 bits per heavy atom. The third kappa shape index (κ3) is 3.26. The summed E-state index contributed by atoms with van der Waals surface area (Å²) in [5, 5.41) is 9.57. The van der Waals surface area contributed by atoms with E-state index in [0.717, 1.165) is 17.0 Å². The molecule has 0 aliphatic heterocycles. The van der Waals surface area contributed by atoms with Crippen LogP contribution in [0.4, 0.5) is 0 Å². The second-order valence-electron chi connectivity index (χ2n) is 5.08. The number of aryl methyl sites for hydroxylation is 1. The van der Waals surface area contributed by atoms with Gasteiger partial charge in [0, 0.05) is 12.7 Å². The summed E-state index contributed by atoms with van der Waals surface area (Å²) >= 11 is 0.